The summed E-state index contributed by atoms with van der Waals surface area (Å²) in [7, 11) is -3.12. The van der Waals surface area contributed by atoms with E-state index >= 15 is 0 Å². The molecule has 0 spiro atoms. The van der Waals surface area contributed by atoms with Crippen LogP contribution < -0.4 is 4.74 Å². The third-order valence-corrected chi connectivity index (χ3v) is 6.62. The second-order valence-corrected chi connectivity index (χ2v) is 9.55. The molecule has 1 saturated heterocycles. The Bertz CT molecular complexity index is 916. The van der Waals surface area contributed by atoms with Gasteiger partial charge in [-0.05, 0) is 48.4 Å². The Hall–Kier alpha value is -1.76. The number of benzene rings is 2. The van der Waals surface area contributed by atoms with Gasteiger partial charge in [0.05, 0.1) is 11.5 Å². The first-order chi connectivity index (χ1) is 12.8. The highest BCUT2D eigenvalue weighted by Crippen LogP contribution is 2.22. The van der Waals surface area contributed by atoms with E-state index in [4.69, 9.17) is 27.9 Å². The molecule has 5 nitrogen and oxygen atoms in total. The molecular weight excluding hydrogens is 409 g/mol. The monoisotopic (exact) mass is 427 g/mol. The van der Waals surface area contributed by atoms with Crippen molar-refractivity contribution in [2.75, 3.05) is 18.1 Å². The van der Waals surface area contributed by atoms with Crippen molar-refractivity contribution in [2.45, 2.75) is 19.0 Å². The van der Waals surface area contributed by atoms with Crippen molar-refractivity contribution in [3.63, 3.8) is 0 Å². The fourth-order valence-corrected chi connectivity index (χ4v) is 5.10. The highest BCUT2D eigenvalue weighted by Gasteiger charge is 2.34. The van der Waals surface area contributed by atoms with Crippen LogP contribution in [0.2, 0.25) is 10.0 Å². The standard InChI is InChI=1S/C19H19Cl2NO4S/c20-15-4-6-18(7-5-15)26-12-19(23)22(17-8-9-27(24,25)13-17)11-14-2-1-3-16(21)10-14/h1-7,10,17H,8-9,11-13H2. The molecule has 3 rings (SSSR count). The lowest BCUT2D eigenvalue weighted by Crippen LogP contribution is -2.43. The second kappa shape index (κ2) is 8.50. The minimum Gasteiger partial charge on any atom is -0.484 e. The van der Waals surface area contributed by atoms with Gasteiger partial charge < -0.3 is 9.64 Å². The second-order valence-electron chi connectivity index (χ2n) is 6.45. The Labute approximate surface area is 168 Å². The maximum atomic E-state index is 12.8. The molecule has 27 heavy (non-hydrogen) atoms. The molecule has 2 aromatic rings. The zero-order chi connectivity index (χ0) is 19.4. The van der Waals surface area contributed by atoms with E-state index in [0.717, 1.165) is 5.56 Å². The maximum absolute atomic E-state index is 12.8. The summed E-state index contributed by atoms with van der Waals surface area (Å²) in [5.74, 6) is 0.316. The first kappa shape index (κ1) is 20.0. The quantitative estimate of drug-likeness (QED) is 0.706. The molecule has 0 N–H and O–H groups in total. The molecule has 1 atom stereocenters. The number of carbonyl (C=O) groups excluding carboxylic acids is 1. The number of amides is 1. The molecule has 1 aliphatic rings. The molecular formula is C19H19Cl2NO4S. The fraction of sp³-hybridized carbons (Fsp3) is 0.316. The van der Waals surface area contributed by atoms with Gasteiger partial charge in [0, 0.05) is 22.6 Å². The van der Waals surface area contributed by atoms with Gasteiger partial charge in [-0.25, -0.2) is 8.42 Å². The largest absolute Gasteiger partial charge is 0.484 e. The topological polar surface area (TPSA) is 63.7 Å². The van der Waals surface area contributed by atoms with Crippen molar-refractivity contribution in [3.05, 3.63) is 64.1 Å². The maximum Gasteiger partial charge on any atom is 0.261 e. The minimum atomic E-state index is -3.12. The Morgan fingerprint density at radius 2 is 1.85 bits per heavy atom. The van der Waals surface area contributed by atoms with Crippen LogP contribution in [0.15, 0.2) is 48.5 Å². The molecule has 0 aromatic heterocycles. The van der Waals surface area contributed by atoms with Crippen molar-refractivity contribution in [1.82, 2.24) is 4.90 Å². The van der Waals surface area contributed by atoms with E-state index < -0.39 is 9.84 Å². The third-order valence-electron chi connectivity index (χ3n) is 4.39. The van der Waals surface area contributed by atoms with E-state index in [-0.39, 0.29) is 36.6 Å². The number of carbonyl (C=O) groups is 1. The lowest BCUT2D eigenvalue weighted by molar-refractivity contribution is -0.136. The van der Waals surface area contributed by atoms with Crippen LogP contribution in [0.5, 0.6) is 5.75 Å². The summed E-state index contributed by atoms with van der Waals surface area (Å²) < 4.78 is 29.3. The lowest BCUT2D eigenvalue weighted by atomic mass is 10.1. The van der Waals surface area contributed by atoms with Gasteiger partial charge in [0.2, 0.25) is 0 Å². The molecule has 0 saturated carbocycles. The number of hydrogen-bond acceptors (Lipinski definition) is 4. The van der Waals surface area contributed by atoms with Crippen molar-refractivity contribution in [2.24, 2.45) is 0 Å². The Kier molecular flexibility index (Phi) is 6.29. The Morgan fingerprint density at radius 1 is 1.11 bits per heavy atom. The van der Waals surface area contributed by atoms with Crippen LogP contribution in [-0.2, 0) is 21.2 Å². The normalized spacial score (nSPS) is 18.2. The van der Waals surface area contributed by atoms with E-state index in [1.807, 2.05) is 6.07 Å². The van der Waals surface area contributed by atoms with Crippen LogP contribution in [0.25, 0.3) is 0 Å². The molecule has 1 heterocycles. The van der Waals surface area contributed by atoms with Crippen molar-refractivity contribution in [3.8, 4) is 5.75 Å². The predicted molar refractivity (Wildman–Crippen MR) is 106 cm³/mol. The first-order valence-electron chi connectivity index (χ1n) is 8.45. The number of ether oxygens (including phenoxy) is 1. The van der Waals surface area contributed by atoms with E-state index in [1.54, 1.807) is 47.4 Å². The smallest absolute Gasteiger partial charge is 0.261 e. The molecule has 144 valence electrons. The fourth-order valence-electron chi connectivity index (χ4n) is 3.03. The summed E-state index contributed by atoms with van der Waals surface area (Å²) in [6, 6.07) is 13.5. The van der Waals surface area contributed by atoms with Crippen molar-refractivity contribution >= 4 is 38.9 Å². The lowest BCUT2D eigenvalue weighted by Gasteiger charge is -2.28. The molecule has 2 aromatic carbocycles. The number of rotatable bonds is 6. The minimum absolute atomic E-state index is 0.0275. The Balaban J connectivity index is 1.73. The average Bonchev–Trinajstić information content (AvgIpc) is 2.98. The van der Waals surface area contributed by atoms with Crippen molar-refractivity contribution < 1.29 is 17.9 Å². The number of halogens is 2. The van der Waals surface area contributed by atoms with Gasteiger partial charge in [-0.3, -0.25) is 4.79 Å². The summed E-state index contributed by atoms with van der Waals surface area (Å²) in [5, 5.41) is 1.14. The van der Waals surface area contributed by atoms with Gasteiger partial charge in [0.25, 0.3) is 5.91 Å². The summed E-state index contributed by atoms with van der Waals surface area (Å²) in [6.07, 6.45) is 0.426. The summed E-state index contributed by atoms with van der Waals surface area (Å²) in [4.78, 5) is 14.4. The van der Waals surface area contributed by atoms with E-state index in [2.05, 4.69) is 0 Å². The van der Waals surface area contributed by atoms with Gasteiger partial charge in [-0.1, -0.05) is 35.3 Å². The van der Waals surface area contributed by atoms with E-state index in [1.165, 1.54) is 0 Å². The Morgan fingerprint density at radius 3 is 2.48 bits per heavy atom. The SMILES string of the molecule is O=C(COc1ccc(Cl)cc1)N(Cc1cccc(Cl)c1)C1CCS(=O)(=O)C1. The summed E-state index contributed by atoms with van der Waals surface area (Å²) in [5.41, 5.74) is 0.839. The highest BCUT2D eigenvalue weighted by atomic mass is 35.5. The van der Waals surface area contributed by atoms with Crippen LogP contribution in [0.1, 0.15) is 12.0 Å². The highest BCUT2D eigenvalue weighted by molar-refractivity contribution is 7.91. The van der Waals surface area contributed by atoms with E-state index in [9.17, 15) is 13.2 Å². The molecule has 0 aliphatic carbocycles. The van der Waals surface area contributed by atoms with Crippen LogP contribution in [-0.4, -0.2) is 43.4 Å². The van der Waals surface area contributed by atoms with Crippen molar-refractivity contribution in [1.29, 1.82) is 0 Å². The van der Waals surface area contributed by atoms with Gasteiger partial charge in [-0.2, -0.15) is 0 Å². The number of nitrogens with zero attached hydrogens (tertiary/aromatic N) is 1. The third kappa shape index (κ3) is 5.61. The van der Waals surface area contributed by atoms with Crippen LogP contribution >= 0.6 is 23.2 Å². The molecule has 1 amide bonds. The van der Waals surface area contributed by atoms with Crippen LogP contribution in [0.4, 0.5) is 0 Å². The molecule has 0 radical (unpaired) electrons. The summed E-state index contributed by atoms with van der Waals surface area (Å²) in [6.45, 7) is 0.0995. The van der Waals surface area contributed by atoms with Crippen LogP contribution in [0.3, 0.4) is 0 Å². The zero-order valence-electron chi connectivity index (χ0n) is 14.5. The molecule has 8 heteroatoms. The number of sulfone groups is 1. The average molecular weight is 428 g/mol. The summed E-state index contributed by atoms with van der Waals surface area (Å²) >= 11 is 11.9. The van der Waals surface area contributed by atoms with E-state index in [0.29, 0.717) is 22.2 Å². The molecule has 1 fully saturated rings. The van der Waals surface area contributed by atoms with Gasteiger partial charge in [0.1, 0.15) is 5.75 Å². The van der Waals surface area contributed by atoms with Gasteiger partial charge in [-0.15, -0.1) is 0 Å². The predicted octanol–water partition coefficient (Wildman–Crippen LogP) is 3.59. The van der Waals surface area contributed by atoms with Crippen LogP contribution in [0, 0.1) is 0 Å². The van der Waals surface area contributed by atoms with Gasteiger partial charge in [0.15, 0.2) is 16.4 Å². The molecule has 1 unspecified atom stereocenters. The van der Waals surface area contributed by atoms with Gasteiger partial charge >= 0.3 is 0 Å². The first-order valence-corrected chi connectivity index (χ1v) is 11.0. The number of hydrogen-bond donors (Lipinski definition) is 0. The molecule has 0 bridgehead atoms. The zero-order valence-corrected chi connectivity index (χ0v) is 16.8. The molecule has 1 aliphatic heterocycles.